The number of nitriles is 1. The molecule has 7 heteroatoms. The van der Waals surface area contributed by atoms with E-state index in [9.17, 15) is 20.0 Å². The molecular weight excluding hydrogens is 370 g/mol. The fourth-order valence-electron chi connectivity index (χ4n) is 3.12. The van der Waals surface area contributed by atoms with Crippen LogP contribution in [0.4, 0.5) is 0 Å². The van der Waals surface area contributed by atoms with Gasteiger partial charge >= 0.3 is 5.97 Å². The van der Waals surface area contributed by atoms with Crippen molar-refractivity contribution in [2.45, 2.75) is 40.2 Å². The number of carboxylic acid groups (broad SMARTS) is 1. The van der Waals surface area contributed by atoms with E-state index in [0.29, 0.717) is 34.5 Å². The van der Waals surface area contributed by atoms with Crippen LogP contribution in [0.5, 0.6) is 0 Å². The minimum atomic E-state index is -1.45. The maximum atomic E-state index is 13.0. The number of rotatable bonds is 7. The van der Waals surface area contributed by atoms with Gasteiger partial charge in [0, 0.05) is 5.56 Å². The van der Waals surface area contributed by atoms with Crippen LogP contribution >= 0.6 is 0 Å². The van der Waals surface area contributed by atoms with Crippen molar-refractivity contribution in [2.24, 2.45) is 5.92 Å². The molecule has 0 spiro atoms. The second kappa shape index (κ2) is 9.30. The highest BCUT2D eigenvalue weighted by Crippen LogP contribution is 2.32. The molecule has 0 saturated heterocycles. The normalized spacial score (nSPS) is 11.8. The Hall–Kier alpha value is -3.24. The van der Waals surface area contributed by atoms with Crippen molar-refractivity contribution in [3.05, 3.63) is 52.3 Å². The molecule has 1 amide bonds. The molecule has 2 rings (SSSR count). The van der Waals surface area contributed by atoms with E-state index >= 15 is 0 Å². The second-order valence-electron chi connectivity index (χ2n) is 7.39. The van der Waals surface area contributed by atoms with E-state index in [4.69, 9.17) is 5.11 Å². The number of hydrogen-bond acceptors (Lipinski definition) is 5. The van der Waals surface area contributed by atoms with Gasteiger partial charge in [-0.2, -0.15) is 5.26 Å². The van der Waals surface area contributed by atoms with E-state index < -0.39 is 24.5 Å². The molecule has 1 aromatic heterocycles. The molecule has 0 bridgehead atoms. The largest absolute Gasteiger partial charge is 0.480 e. The molecule has 29 heavy (non-hydrogen) atoms. The third-order valence-electron chi connectivity index (χ3n) is 4.52. The molecule has 0 aliphatic heterocycles. The Kier molecular flexibility index (Phi) is 7.08. The Balaban J connectivity index is 2.75. The van der Waals surface area contributed by atoms with Gasteiger partial charge in [-0.25, -0.2) is 4.79 Å². The quantitative estimate of drug-likeness (QED) is 0.662. The van der Waals surface area contributed by atoms with Crippen molar-refractivity contribution in [3.63, 3.8) is 0 Å². The maximum absolute atomic E-state index is 13.0. The number of aliphatic carboxylic acids is 1. The summed E-state index contributed by atoms with van der Waals surface area (Å²) in [5.41, 5.74) is 3.56. The molecular formula is C22H25N3O4. The molecule has 0 unspecified atom stereocenters. The van der Waals surface area contributed by atoms with Gasteiger partial charge in [0.05, 0.1) is 29.1 Å². The summed E-state index contributed by atoms with van der Waals surface area (Å²) in [6.07, 6.45) is 0.568. The van der Waals surface area contributed by atoms with Crippen molar-refractivity contribution < 1.29 is 19.8 Å². The van der Waals surface area contributed by atoms with E-state index in [1.165, 1.54) is 0 Å². The number of carboxylic acids is 1. The lowest BCUT2D eigenvalue weighted by Gasteiger charge is -2.19. The molecule has 152 valence electrons. The topological polar surface area (TPSA) is 123 Å². The minimum Gasteiger partial charge on any atom is -0.480 e. The average molecular weight is 395 g/mol. The molecule has 0 aliphatic carbocycles. The minimum absolute atomic E-state index is 0.137. The predicted molar refractivity (Wildman–Crippen MR) is 108 cm³/mol. The fraction of sp³-hybridized carbons (Fsp3) is 0.364. The number of amides is 1. The zero-order valence-corrected chi connectivity index (χ0v) is 17.0. The smallest absolute Gasteiger partial charge is 0.328 e. The first-order valence-electron chi connectivity index (χ1n) is 9.34. The van der Waals surface area contributed by atoms with Gasteiger partial charge in [0.25, 0.3) is 5.91 Å². The first-order valence-corrected chi connectivity index (χ1v) is 9.34. The van der Waals surface area contributed by atoms with Gasteiger partial charge in [0.1, 0.15) is 6.07 Å². The summed E-state index contributed by atoms with van der Waals surface area (Å²) in [4.78, 5) is 28.7. The van der Waals surface area contributed by atoms with Crippen molar-refractivity contribution >= 4 is 11.9 Å². The summed E-state index contributed by atoms with van der Waals surface area (Å²) >= 11 is 0. The van der Waals surface area contributed by atoms with Crippen LogP contribution in [-0.2, 0) is 11.2 Å². The zero-order chi connectivity index (χ0) is 21.7. The summed E-state index contributed by atoms with van der Waals surface area (Å²) < 4.78 is 0. The molecule has 1 heterocycles. The fourth-order valence-corrected chi connectivity index (χ4v) is 3.12. The SMILES string of the molecule is Cc1ccc(-c2c(C#N)c(CC(C)C)nc(C)c2C(=O)N[C@@H](CO)C(=O)O)cc1. The van der Waals surface area contributed by atoms with Gasteiger partial charge in [0.2, 0.25) is 0 Å². The number of benzene rings is 1. The van der Waals surface area contributed by atoms with Crippen LogP contribution in [0.1, 0.15) is 46.7 Å². The molecule has 2 aromatic rings. The first kappa shape index (κ1) is 22.1. The number of aromatic nitrogens is 1. The number of hydrogen-bond donors (Lipinski definition) is 3. The van der Waals surface area contributed by atoms with Gasteiger partial charge in [-0.1, -0.05) is 43.7 Å². The Morgan fingerprint density at radius 1 is 1.21 bits per heavy atom. The van der Waals surface area contributed by atoms with Gasteiger partial charge in [-0.3, -0.25) is 9.78 Å². The summed E-state index contributed by atoms with van der Waals surface area (Å²) in [5.74, 6) is -1.79. The van der Waals surface area contributed by atoms with Gasteiger partial charge in [-0.05, 0) is 31.7 Å². The molecule has 3 N–H and O–H groups in total. The highest BCUT2D eigenvalue weighted by atomic mass is 16.4. The first-order chi connectivity index (χ1) is 13.7. The summed E-state index contributed by atoms with van der Waals surface area (Å²) in [6.45, 7) is 6.88. The van der Waals surface area contributed by atoms with Crippen LogP contribution in [0.2, 0.25) is 0 Å². The number of aliphatic hydroxyl groups excluding tert-OH is 1. The highest BCUT2D eigenvalue weighted by molar-refractivity contribution is 6.04. The molecule has 0 radical (unpaired) electrons. The Labute approximate surface area is 170 Å². The van der Waals surface area contributed by atoms with Crippen molar-refractivity contribution in [2.75, 3.05) is 6.61 Å². The summed E-state index contributed by atoms with van der Waals surface area (Å²) in [5, 5.41) is 30.6. The van der Waals surface area contributed by atoms with E-state index in [0.717, 1.165) is 5.56 Å². The molecule has 7 nitrogen and oxygen atoms in total. The van der Waals surface area contributed by atoms with E-state index in [2.05, 4.69) is 16.4 Å². The standard InChI is InChI=1S/C22H25N3O4/c1-12(2)9-17-16(10-23)20(15-7-5-13(3)6-8-15)19(14(4)24-17)21(27)25-18(11-26)22(28)29/h5-8,12,18,26H,9,11H2,1-4H3,(H,25,27)(H,28,29)/t18-/m0/s1. The van der Waals surface area contributed by atoms with Crippen LogP contribution in [-0.4, -0.2) is 39.7 Å². The molecule has 0 aliphatic rings. The third kappa shape index (κ3) is 4.98. The number of nitrogens with zero attached hydrogens (tertiary/aromatic N) is 2. The number of carbonyl (C=O) groups is 2. The van der Waals surface area contributed by atoms with Crippen LogP contribution in [0.3, 0.4) is 0 Å². The van der Waals surface area contributed by atoms with Crippen molar-refractivity contribution in [1.29, 1.82) is 5.26 Å². The summed E-state index contributed by atoms with van der Waals surface area (Å²) in [7, 11) is 0. The van der Waals surface area contributed by atoms with Gasteiger partial charge in [-0.15, -0.1) is 0 Å². The average Bonchev–Trinajstić information content (AvgIpc) is 2.65. The maximum Gasteiger partial charge on any atom is 0.328 e. The van der Waals surface area contributed by atoms with Crippen LogP contribution in [0.25, 0.3) is 11.1 Å². The summed E-state index contributed by atoms with van der Waals surface area (Å²) in [6, 6.07) is 8.14. The van der Waals surface area contributed by atoms with Gasteiger partial charge < -0.3 is 15.5 Å². The van der Waals surface area contributed by atoms with Crippen LogP contribution < -0.4 is 5.32 Å². The lowest BCUT2D eigenvalue weighted by Crippen LogP contribution is -2.43. The highest BCUT2D eigenvalue weighted by Gasteiger charge is 2.27. The Morgan fingerprint density at radius 2 is 1.83 bits per heavy atom. The van der Waals surface area contributed by atoms with Crippen molar-refractivity contribution in [3.8, 4) is 17.2 Å². The lowest BCUT2D eigenvalue weighted by molar-refractivity contribution is -0.140. The zero-order valence-electron chi connectivity index (χ0n) is 17.0. The Bertz CT molecular complexity index is 960. The van der Waals surface area contributed by atoms with E-state index in [1.807, 2.05) is 45.0 Å². The van der Waals surface area contributed by atoms with Crippen molar-refractivity contribution in [1.82, 2.24) is 10.3 Å². The van der Waals surface area contributed by atoms with Gasteiger partial charge in [0.15, 0.2) is 6.04 Å². The number of aliphatic hydroxyl groups is 1. The number of nitrogens with one attached hydrogen (secondary N) is 1. The van der Waals surface area contributed by atoms with Crippen LogP contribution in [0.15, 0.2) is 24.3 Å². The lowest BCUT2D eigenvalue weighted by atomic mass is 9.90. The van der Waals surface area contributed by atoms with Crippen LogP contribution in [0, 0.1) is 31.1 Å². The number of aryl methyl sites for hydroxylation is 2. The van der Waals surface area contributed by atoms with E-state index in [-0.39, 0.29) is 11.5 Å². The molecule has 1 aromatic carbocycles. The molecule has 1 atom stereocenters. The second-order valence-corrected chi connectivity index (χ2v) is 7.39. The molecule has 0 fully saturated rings. The number of carbonyl (C=O) groups excluding carboxylic acids is 1. The number of pyridine rings is 1. The Morgan fingerprint density at radius 3 is 2.31 bits per heavy atom. The predicted octanol–water partition coefficient (Wildman–Crippen LogP) is 2.61. The third-order valence-corrected chi connectivity index (χ3v) is 4.52. The monoisotopic (exact) mass is 395 g/mol. The molecule has 0 saturated carbocycles. The van der Waals surface area contributed by atoms with E-state index in [1.54, 1.807) is 6.92 Å².